The summed E-state index contributed by atoms with van der Waals surface area (Å²) in [6, 6.07) is 9.83. The van der Waals surface area contributed by atoms with Crippen molar-refractivity contribution < 1.29 is 28.7 Å². The van der Waals surface area contributed by atoms with E-state index in [4.69, 9.17) is 9.47 Å². The van der Waals surface area contributed by atoms with Crippen molar-refractivity contribution >= 4 is 40.8 Å². The Morgan fingerprint density at radius 3 is 2.57 bits per heavy atom. The summed E-state index contributed by atoms with van der Waals surface area (Å²) >= 11 is 1.32. The lowest BCUT2D eigenvalue weighted by molar-refractivity contribution is -0.149. The molecule has 1 N–H and O–H groups in total. The van der Waals surface area contributed by atoms with Crippen molar-refractivity contribution in [1.82, 2.24) is 4.90 Å². The molecule has 2 aromatic rings. The van der Waals surface area contributed by atoms with Gasteiger partial charge in [-0.05, 0) is 42.5 Å². The summed E-state index contributed by atoms with van der Waals surface area (Å²) in [6.07, 6.45) is 1.05. The number of anilines is 1. The van der Waals surface area contributed by atoms with Crippen molar-refractivity contribution in [2.45, 2.75) is 12.8 Å². The lowest BCUT2D eigenvalue weighted by Crippen LogP contribution is -2.42. The molecule has 0 aliphatic carbocycles. The van der Waals surface area contributed by atoms with Gasteiger partial charge < -0.3 is 19.7 Å². The average molecular weight is 430 g/mol. The minimum absolute atomic E-state index is 0.200. The van der Waals surface area contributed by atoms with E-state index in [1.54, 1.807) is 40.6 Å². The number of methoxy groups -OCH3 is 1. The molecule has 2 amide bonds. The SMILES string of the molecule is COC(=O)C1CCN(C(=O)COC(=O)c2cccc(NC(=O)c3cccs3)c2)CC1. The zero-order chi connectivity index (χ0) is 21.5. The van der Waals surface area contributed by atoms with E-state index < -0.39 is 5.97 Å². The number of carbonyl (C=O) groups is 4. The Morgan fingerprint density at radius 1 is 1.13 bits per heavy atom. The number of piperidine rings is 1. The van der Waals surface area contributed by atoms with Crippen LogP contribution in [-0.2, 0) is 19.1 Å². The summed E-state index contributed by atoms with van der Waals surface area (Å²) < 4.78 is 9.87. The zero-order valence-corrected chi connectivity index (χ0v) is 17.3. The second-order valence-electron chi connectivity index (χ2n) is 6.77. The lowest BCUT2D eigenvalue weighted by atomic mass is 9.97. The van der Waals surface area contributed by atoms with E-state index in [-0.39, 0.29) is 35.9 Å². The number of rotatable bonds is 6. The van der Waals surface area contributed by atoms with Gasteiger partial charge in [0.2, 0.25) is 0 Å². The quantitative estimate of drug-likeness (QED) is 0.707. The fraction of sp³-hybridized carbons (Fsp3) is 0.333. The van der Waals surface area contributed by atoms with Gasteiger partial charge in [-0.25, -0.2) is 4.79 Å². The highest BCUT2D eigenvalue weighted by atomic mass is 32.1. The van der Waals surface area contributed by atoms with Gasteiger partial charge in [0, 0.05) is 18.8 Å². The molecule has 1 saturated heterocycles. The van der Waals surface area contributed by atoms with Gasteiger partial charge in [0.1, 0.15) is 0 Å². The van der Waals surface area contributed by atoms with E-state index in [1.165, 1.54) is 24.5 Å². The number of likely N-dealkylation sites (tertiary alicyclic amines) is 1. The maximum atomic E-state index is 12.3. The summed E-state index contributed by atoms with van der Waals surface area (Å²) in [4.78, 5) is 50.4. The van der Waals surface area contributed by atoms with Crippen molar-refractivity contribution in [2.75, 3.05) is 32.1 Å². The molecule has 0 unspecified atom stereocenters. The Kier molecular flexibility index (Phi) is 7.18. The molecule has 0 saturated carbocycles. The third kappa shape index (κ3) is 5.44. The van der Waals surface area contributed by atoms with E-state index >= 15 is 0 Å². The van der Waals surface area contributed by atoms with Crippen molar-refractivity contribution in [2.24, 2.45) is 5.92 Å². The number of hydrogen-bond acceptors (Lipinski definition) is 7. The van der Waals surface area contributed by atoms with Crippen LogP contribution in [0.3, 0.4) is 0 Å². The van der Waals surface area contributed by atoms with Crippen LogP contribution in [0, 0.1) is 5.92 Å². The standard InChI is InChI=1S/C21H22N2O6S/c1-28-20(26)14-7-9-23(10-8-14)18(24)13-29-21(27)15-4-2-5-16(12-15)22-19(25)17-6-3-11-30-17/h2-6,11-12,14H,7-10,13H2,1H3,(H,22,25). The molecule has 1 aliphatic heterocycles. The first-order valence-corrected chi connectivity index (χ1v) is 10.3. The third-order valence-corrected chi connectivity index (χ3v) is 5.68. The molecule has 1 aromatic carbocycles. The third-order valence-electron chi connectivity index (χ3n) is 4.81. The van der Waals surface area contributed by atoms with Gasteiger partial charge in [-0.1, -0.05) is 12.1 Å². The topological polar surface area (TPSA) is 102 Å². The van der Waals surface area contributed by atoms with Crippen LogP contribution in [0.2, 0.25) is 0 Å². The molecule has 0 bridgehead atoms. The number of ether oxygens (including phenoxy) is 2. The van der Waals surface area contributed by atoms with Gasteiger partial charge in [-0.3, -0.25) is 14.4 Å². The molecule has 0 radical (unpaired) electrons. The predicted octanol–water partition coefficient (Wildman–Crippen LogP) is 2.57. The maximum Gasteiger partial charge on any atom is 0.338 e. The predicted molar refractivity (Wildman–Crippen MR) is 110 cm³/mol. The number of nitrogens with zero attached hydrogens (tertiary/aromatic N) is 1. The Labute approximate surface area is 177 Å². The largest absolute Gasteiger partial charge is 0.469 e. The molecule has 1 aliphatic rings. The van der Waals surface area contributed by atoms with Crippen LogP contribution in [0.15, 0.2) is 41.8 Å². The number of carbonyl (C=O) groups excluding carboxylic acids is 4. The van der Waals surface area contributed by atoms with E-state index in [1.807, 2.05) is 0 Å². The van der Waals surface area contributed by atoms with Gasteiger partial charge >= 0.3 is 11.9 Å². The molecule has 2 heterocycles. The Morgan fingerprint density at radius 2 is 1.90 bits per heavy atom. The van der Waals surface area contributed by atoms with Crippen LogP contribution < -0.4 is 5.32 Å². The Balaban J connectivity index is 1.49. The second kappa shape index (κ2) is 10.0. The zero-order valence-electron chi connectivity index (χ0n) is 16.5. The van der Waals surface area contributed by atoms with Gasteiger partial charge in [0.25, 0.3) is 11.8 Å². The lowest BCUT2D eigenvalue weighted by Gasteiger charge is -2.30. The molecule has 9 heteroatoms. The van der Waals surface area contributed by atoms with E-state index in [2.05, 4.69) is 5.32 Å². The van der Waals surface area contributed by atoms with Gasteiger partial charge in [-0.15, -0.1) is 11.3 Å². The second-order valence-corrected chi connectivity index (χ2v) is 7.71. The molecular weight excluding hydrogens is 408 g/mol. The summed E-state index contributed by atoms with van der Waals surface area (Å²) in [5, 5.41) is 4.53. The summed E-state index contributed by atoms with van der Waals surface area (Å²) in [6.45, 7) is 0.453. The highest BCUT2D eigenvalue weighted by Gasteiger charge is 2.28. The van der Waals surface area contributed by atoms with Crippen LogP contribution in [0.4, 0.5) is 5.69 Å². The van der Waals surface area contributed by atoms with Crippen LogP contribution in [0.1, 0.15) is 32.9 Å². The van der Waals surface area contributed by atoms with Crippen LogP contribution in [0.5, 0.6) is 0 Å². The van der Waals surface area contributed by atoms with E-state index in [9.17, 15) is 19.2 Å². The first-order valence-electron chi connectivity index (χ1n) is 9.45. The molecule has 8 nitrogen and oxygen atoms in total. The molecule has 158 valence electrons. The molecule has 1 fully saturated rings. The maximum absolute atomic E-state index is 12.3. The number of hydrogen-bond donors (Lipinski definition) is 1. The summed E-state index contributed by atoms with van der Waals surface area (Å²) in [5.41, 5.74) is 0.690. The van der Waals surface area contributed by atoms with Gasteiger partial charge in [0.15, 0.2) is 6.61 Å². The van der Waals surface area contributed by atoms with Crippen molar-refractivity contribution in [3.05, 3.63) is 52.2 Å². The first-order chi connectivity index (χ1) is 14.5. The van der Waals surface area contributed by atoms with Gasteiger partial charge in [0.05, 0.1) is 23.5 Å². The molecule has 0 atom stereocenters. The normalized spacial score (nSPS) is 14.1. The highest BCUT2D eigenvalue weighted by Crippen LogP contribution is 2.19. The van der Waals surface area contributed by atoms with Crippen molar-refractivity contribution in [3.63, 3.8) is 0 Å². The monoisotopic (exact) mass is 430 g/mol. The Bertz CT molecular complexity index is 919. The number of nitrogens with one attached hydrogen (secondary N) is 1. The minimum Gasteiger partial charge on any atom is -0.469 e. The van der Waals surface area contributed by atoms with E-state index in [0.717, 1.165) is 0 Å². The number of amides is 2. The summed E-state index contributed by atoms with van der Waals surface area (Å²) in [7, 11) is 1.35. The summed E-state index contributed by atoms with van der Waals surface area (Å²) in [5.74, 6) is -1.69. The van der Waals surface area contributed by atoms with Crippen molar-refractivity contribution in [1.29, 1.82) is 0 Å². The fourth-order valence-corrected chi connectivity index (χ4v) is 3.78. The van der Waals surface area contributed by atoms with E-state index in [0.29, 0.717) is 36.5 Å². The highest BCUT2D eigenvalue weighted by molar-refractivity contribution is 7.12. The number of benzene rings is 1. The first kappa shape index (κ1) is 21.5. The number of thiophene rings is 1. The molecular formula is C21H22N2O6S. The number of esters is 2. The minimum atomic E-state index is -0.653. The van der Waals surface area contributed by atoms with Gasteiger partial charge in [-0.2, -0.15) is 0 Å². The average Bonchev–Trinajstić information content (AvgIpc) is 3.32. The molecule has 0 spiro atoms. The molecule has 3 rings (SSSR count). The smallest absolute Gasteiger partial charge is 0.338 e. The van der Waals surface area contributed by atoms with Crippen LogP contribution in [0.25, 0.3) is 0 Å². The molecule has 30 heavy (non-hydrogen) atoms. The fourth-order valence-electron chi connectivity index (χ4n) is 3.16. The molecule has 1 aromatic heterocycles. The van der Waals surface area contributed by atoms with Crippen molar-refractivity contribution in [3.8, 4) is 0 Å². The Hall–Kier alpha value is -3.20. The van der Waals surface area contributed by atoms with Crippen LogP contribution >= 0.6 is 11.3 Å². The van der Waals surface area contributed by atoms with Crippen LogP contribution in [-0.4, -0.2) is 55.5 Å².